The van der Waals surface area contributed by atoms with Crippen LogP contribution in [-0.2, 0) is 11.3 Å². The van der Waals surface area contributed by atoms with Crippen LogP contribution in [0.4, 0.5) is 0 Å². The van der Waals surface area contributed by atoms with Crippen LogP contribution in [0, 0.1) is 0 Å². The van der Waals surface area contributed by atoms with Gasteiger partial charge in [-0.25, -0.2) is 0 Å². The van der Waals surface area contributed by atoms with Crippen molar-refractivity contribution in [2.24, 2.45) is 4.99 Å². The van der Waals surface area contributed by atoms with E-state index in [9.17, 15) is 4.79 Å². The summed E-state index contributed by atoms with van der Waals surface area (Å²) >= 11 is 1.44. The summed E-state index contributed by atoms with van der Waals surface area (Å²) in [5, 5.41) is 0. The van der Waals surface area contributed by atoms with E-state index in [-0.39, 0.29) is 5.91 Å². The topological polar surface area (TPSA) is 71.3 Å². The number of fused-ring (bicyclic) bond motifs is 2. The van der Waals surface area contributed by atoms with Crippen molar-refractivity contribution in [3.8, 4) is 17.2 Å². The summed E-state index contributed by atoms with van der Waals surface area (Å²) in [6.45, 7) is 2.09. The van der Waals surface area contributed by atoms with Gasteiger partial charge in [0.1, 0.15) is 19.0 Å². The molecule has 0 N–H and O–H groups in total. The van der Waals surface area contributed by atoms with E-state index < -0.39 is 0 Å². The highest BCUT2D eigenvalue weighted by Gasteiger charge is 2.15. The molecule has 7 nitrogen and oxygen atoms in total. The number of ether oxygens (including phenoxy) is 4. The van der Waals surface area contributed by atoms with Gasteiger partial charge in [-0.2, -0.15) is 4.99 Å². The van der Waals surface area contributed by atoms with Gasteiger partial charge in [0, 0.05) is 19.2 Å². The SMILES string of the molecule is COCCn1c(=NC(=O)c2ccc3c(c2)OCCO3)sc2cc(OC)ccc21. The van der Waals surface area contributed by atoms with Crippen molar-refractivity contribution in [3.63, 3.8) is 0 Å². The second-order valence-corrected chi connectivity index (χ2v) is 7.15. The van der Waals surface area contributed by atoms with Crippen LogP contribution in [0.25, 0.3) is 10.2 Å². The van der Waals surface area contributed by atoms with Gasteiger partial charge in [0.2, 0.25) is 0 Å². The molecular weight excluding hydrogens is 380 g/mol. The Bertz CT molecular complexity index is 1090. The second kappa shape index (κ2) is 8.04. The van der Waals surface area contributed by atoms with Crippen molar-refractivity contribution in [3.05, 3.63) is 46.8 Å². The Balaban J connectivity index is 1.76. The van der Waals surface area contributed by atoms with Gasteiger partial charge in [-0.05, 0) is 36.4 Å². The summed E-state index contributed by atoms with van der Waals surface area (Å²) in [7, 11) is 3.28. The zero-order valence-electron chi connectivity index (χ0n) is 15.6. The number of thiazole rings is 1. The number of carbonyl (C=O) groups excluding carboxylic acids is 1. The molecule has 0 fully saturated rings. The molecule has 2 aromatic carbocycles. The Kier molecular flexibility index (Phi) is 5.31. The molecule has 146 valence electrons. The molecule has 3 aromatic rings. The maximum Gasteiger partial charge on any atom is 0.279 e. The highest BCUT2D eigenvalue weighted by atomic mass is 32.1. The van der Waals surface area contributed by atoms with Gasteiger partial charge in [0.15, 0.2) is 16.3 Å². The number of rotatable bonds is 5. The minimum absolute atomic E-state index is 0.332. The number of nitrogens with zero attached hydrogens (tertiary/aromatic N) is 2. The molecule has 0 radical (unpaired) electrons. The van der Waals surface area contributed by atoms with Crippen molar-refractivity contribution >= 4 is 27.5 Å². The summed E-state index contributed by atoms with van der Waals surface area (Å²) < 4.78 is 24.6. The molecule has 1 aliphatic heterocycles. The van der Waals surface area contributed by atoms with Crippen LogP contribution in [0.2, 0.25) is 0 Å². The molecule has 0 aliphatic carbocycles. The van der Waals surface area contributed by atoms with Crippen LogP contribution in [0.15, 0.2) is 41.4 Å². The lowest BCUT2D eigenvalue weighted by molar-refractivity contribution is 0.0996. The molecule has 0 unspecified atom stereocenters. The van der Waals surface area contributed by atoms with Crippen LogP contribution in [0.5, 0.6) is 17.2 Å². The number of hydrogen-bond acceptors (Lipinski definition) is 6. The minimum atomic E-state index is -0.332. The van der Waals surface area contributed by atoms with Gasteiger partial charge < -0.3 is 23.5 Å². The Labute approximate surface area is 165 Å². The minimum Gasteiger partial charge on any atom is -0.497 e. The van der Waals surface area contributed by atoms with Gasteiger partial charge in [-0.15, -0.1) is 0 Å². The lowest BCUT2D eigenvalue weighted by Crippen LogP contribution is -2.19. The van der Waals surface area contributed by atoms with E-state index in [4.69, 9.17) is 18.9 Å². The summed E-state index contributed by atoms with van der Waals surface area (Å²) in [4.78, 5) is 17.8. The molecule has 2 heterocycles. The molecule has 1 aliphatic rings. The molecule has 0 atom stereocenters. The van der Waals surface area contributed by atoms with Crippen LogP contribution >= 0.6 is 11.3 Å². The first-order valence-corrected chi connectivity index (χ1v) is 9.66. The molecule has 1 amide bonds. The summed E-state index contributed by atoms with van der Waals surface area (Å²) in [6, 6.07) is 10.9. The standard InChI is InChI=1S/C20H20N2O5S/c1-24-8-7-22-15-5-4-14(25-2)12-18(15)28-20(22)21-19(23)13-3-6-16-17(11-13)27-10-9-26-16/h3-6,11-12H,7-10H2,1-2H3. The van der Waals surface area contributed by atoms with Gasteiger partial charge >= 0.3 is 0 Å². The first-order chi connectivity index (χ1) is 13.7. The first kappa shape index (κ1) is 18.5. The zero-order chi connectivity index (χ0) is 19.5. The smallest absolute Gasteiger partial charge is 0.279 e. The number of methoxy groups -OCH3 is 2. The van der Waals surface area contributed by atoms with E-state index in [0.717, 1.165) is 16.0 Å². The highest BCUT2D eigenvalue weighted by molar-refractivity contribution is 7.16. The van der Waals surface area contributed by atoms with Gasteiger partial charge in [-0.1, -0.05) is 11.3 Å². The predicted octanol–water partition coefficient (Wildman–Crippen LogP) is 2.87. The number of hydrogen-bond donors (Lipinski definition) is 0. The fourth-order valence-electron chi connectivity index (χ4n) is 2.99. The average molecular weight is 400 g/mol. The quantitative estimate of drug-likeness (QED) is 0.659. The van der Waals surface area contributed by atoms with Gasteiger partial charge in [-0.3, -0.25) is 4.79 Å². The van der Waals surface area contributed by atoms with Crippen molar-refractivity contribution in [1.29, 1.82) is 0 Å². The average Bonchev–Trinajstić information content (AvgIpc) is 3.07. The summed E-state index contributed by atoms with van der Waals surface area (Å²) in [5.74, 6) is 1.64. The highest BCUT2D eigenvalue weighted by Crippen LogP contribution is 2.31. The van der Waals surface area contributed by atoms with E-state index in [1.54, 1.807) is 32.4 Å². The van der Waals surface area contributed by atoms with E-state index in [1.807, 2.05) is 22.8 Å². The molecule has 8 heteroatoms. The van der Waals surface area contributed by atoms with Crippen LogP contribution in [-0.4, -0.2) is 44.5 Å². The third-order valence-corrected chi connectivity index (χ3v) is 5.44. The van der Waals surface area contributed by atoms with E-state index >= 15 is 0 Å². The molecule has 0 spiro atoms. The third kappa shape index (κ3) is 3.61. The maximum absolute atomic E-state index is 12.8. The normalized spacial score (nSPS) is 13.7. The lowest BCUT2D eigenvalue weighted by atomic mass is 10.2. The Morgan fingerprint density at radius 1 is 1.14 bits per heavy atom. The number of carbonyl (C=O) groups is 1. The lowest BCUT2D eigenvalue weighted by Gasteiger charge is -2.18. The molecule has 0 bridgehead atoms. The predicted molar refractivity (Wildman–Crippen MR) is 106 cm³/mol. The summed E-state index contributed by atoms with van der Waals surface area (Å²) in [6.07, 6.45) is 0. The van der Waals surface area contributed by atoms with Crippen LogP contribution in [0.3, 0.4) is 0 Å². The second-order valence-electron chi connectivity index (χ2n) is 6.14. The van der Waals surface area contributed by atoms with Crippen molar-refractivity contribution in [2.75, 3.05) is 34.0 Å². The first-order valence-electron chi connectivity index (χ1n) is 8.84. The fourth-order valence-corrected chi connectivity index (χ4v) is 4.08. The Morgan fingerprint density at radius 2 is 1.96 bits per heavy atom. The molecule has 0 saturated carbocycles. The van der Waals surface area contributed by atoms with Gasteiger partial charge in [0.25, 0.3) is 5.91 Å². The fraction of sp³-hybridized carbons (Fsp3) is 0.300. The Hall–Kier alpha value is -2.84. The maximum atomic E-state index is 12.8. The number of aromatic nitrogens is 1. The van der Waals surface area contributed by atoms with E-state index in [2.05, 4.69) is 4.99 Å². The molecule has 28 heavy (non-hydrogen) atoms. The Morgan fingerprint density at radius 3 is 2.75 bits per heavy atom. The monoisotopic (exact) mass is 400 g/mol. The number of benzene rings is 2. The third-order valence-electron chi connectivity index (χ3n) is 4.40. The number of amides is 1. The van der Waals surface area contributed by atoms with Crippen molar-refractivity contribution < 1.29 is 23.7 Å². The molecule has 4 rings (SSSR count). The van der Waals surface area contributed by atoms with E-state index in [0.29, 0.717) is 48.2 Å². The molecular formula is C20H20N2O5S. The largest absolute Gasteiger partial charge is 0.497 e. The van der Waals surface area contributed by atoms with Crippen molar-refractivity contribution in [1.82, 2.24) is 4.57 Å². The summed E-state index contributed by atoms with van der Waals surface area (Å²) in [5.41, 5.74) is 1.44. The van der Waals surface area contributed by atoms with Crippen LogP contribution < -0.4 is 19.0 Å². The van der Waals surface area contributed by atoms with E-state index in [1.165, 1.54) is 11.3 Å². The molecule has 0 saturated heterocycles. The zero-order valence-corrected chi connectivity index (χ0v) is 16.5. The van der Waals surface area contributed by atoms with Crippen LogP contribution in [0.1, 0.15) is 10.4 Å². The molecule has 1 aromatic heterocycles. The van der Waals surface area contributed by atoms with Gasteiger partial charge in [0.05, 0.1) is 23.9 Å². The van der Waals surface area contributed by atoms with Crippen molar-refractivity contribution in [2.45, 2.75) is 6.54 Å².